The van der Waals surface area contributed by atoms with Crippen LogP contribution in [0, 0.1) is 0 Å². The highest BCUT2D eigenvalue weighted by atomic mass is 19.4. The smallest absolute Gasteiger partial charge is 0.416 e. The van der Waals surface area contributed by atoms with Crippen molar-refractivity contribution in [3.8, 4) is 0 Å². The topological polar surface area (TPSA) is 49.9 Å². The molecule has 4 rings (SSSR count). The van der Waals surface area contributed by atoms with Crippen LogP contribution in [0.15, 0.2) is 54.6 Å². The molecule has 8 heteroatoms. The van der Waals surface area contributed by atoms with Crippen LogP contribution < -0.4 is 0 Å². The van der Waals surface area contributed by atoms with Crippen LogP contribution in [0.1, 0.15) is 55.9 Å². The minimum atomic E-state index is -4.49. The van der Waals surface area contributed by atoms with Crippen molar-refractivity contribution in [2.45, 2.75) is 57.3 Å². The predicted octanol–water partition coefficient (Wildman–Crippen LogP) is 6.03. The summed E-state index contributed by atoms with van der Waals surface area (Å²) in [4.78, 5) is 29.1. The Morgan fingerprint density at radius 2 is 1.58 bits per heavy atom. The van der Waals surface area contributed by atoms with E-state index in [0.29, 0.717) is 39.0 Å². The second-order valence-corrected chi connectivity index (χ2v) is 10.5. The van der Waals surface area contributed by atoms with Gasteiger partial charge in [-0.3, -0.25) is 4.79 Å². The van der Waals surface area contributed by atoms with Crippen molar-refractivity contribution in [1.29, 1.82) is 0 Å². The van der Waals surface area contributed by atoms with E-state index in [9.17, 15) is 22.8 Å². The molecule has 2 aromatic carbocycles. The van der Waals surface area contributed by atoms with Crippen LogP contribution >= 0.6 is 0 Å². The Morgan fingerprint density at radius 1 is 0.944 bits per heavy atom. The highest BCUT2D eigenvalue weighted by Gasteiger charge is 2.44. The zero-order valence-corrected chi connectivity index (χ0v) is 20.8. The van der Waals surface area contributed by atoms with Crippen molar-refractivity contribution in [3.05, 3.63) is 76.9 Å². The highest BCUT2D eigenvalue weighted by molar-refractivity contribution is 5.92. The van der Waals surface area contributed by atoms with Crippen LogP contribution in [-0.4, -0.2) is 47.0 Å². The van der Waals surface area contributed by atoms with Crippen molar-refractivity contribution in [1.82, 2.24) is 9.80 Å². The Bertz CT molecular complexity index is 1160. The van der Waals surface area contributed by atoms with E-state index in [1.807, 2.05) is 39.0 Å². The highest BCUT2D eigenvalue weighted by Crippen LogP contribution is 2.42. The van der Waals surface area contributed by atoms with Crippen molar-refractivity contribution < 1.29 is 27.5 Å². The van der Waals surface area contributed by atoms with Crippen molar-refractivity contribution in [2.75, 3.05) is 19.6 Å². The van der Waals surface area contributed by atoms with Gasteiger partial charge in [-0.15, -0.1) is 0 Å². The number of alkyl halides is 3. The molecule has 2 heterocycles. The van der Waals surface area contributed by atoms with Crippen LogP contribution in [-0.2, 0) is 27.7 Å². The van der Waals surface area contributed by atoms with Gasteiger partial charge in [0.15, 0.2) is 0 Å². The number of piperidine rings is 1. The van der Waals surface area contributed by atoms with Gasteiger partial charge >= 0.3 is 12.3 Å². The molecule has 1 spiro atoms. The summed E-state index contributed by atoms with van der Waals surface area (Å²) in [5.41, 5.74) is 0.529. The van der Waals surface area contributed by atoms with Crippen LogP contribution in [0.25, 0.3) is 6.08 Å². The molecule has 0 unspecified atom stereocenters. The normalized spacial score (nSPS) is 17.8. The number of halogens is 3. The largest absolute Gasteiger partial charge is 0.444 e. The monoisotopic (exact) mass is 500 g/mol. The first-order chi connectivity index (χ1) is 16.9. The summed E-state index contributed by atoms with van der Waals surface area (Å²) < 4.78 is 45.4. The molecule has 2 aliphatic heterocycles. The lowest BCUT2D eigenvalue weighted by atomic mass is 9.69. The summed E-state index contributed by atoms with van der Waals surface area (Å²) in [6.07, 6.45) is -1.12. The van der Waals surface area contributed by atoms with E-state index in [2.05, 4.69) is 6.07 Å². The first-order valence-corrected chi connectivity index (χ1v) is 12.1. The number of rotatable bonds is 2. The van der Waals surface area contributed by atoms with E-state index in [4.69, 9.17) is 4.74 Å². The molecule has 0 saturated carbocycles. The molecule has 36 heavy (non-hydrogen) atoms. The SMILES string of the molecule is CC(C)(C)OC(=O)N1Cc2ccccc2C2(CCN(C(=O)C=Cc3ccccc3C(F)(F)F)CC2)C1. The quantitative estimate of drug-likeness (QED) is 0.473. The molecule has 2 aromatic rings. The fraction of sp³-hybridized carbons (Fsp3) is 0.429. The van der Waals surface area contributed by atoms with Crippen LogP contribution in [0.5, 0.6) is 0 Å². The number of benzene rings is 2. The summed E-state index contributed by atoms with van der Waals surface area (Å²) in [6.45, 7) is 7.36. The lowest BCUT2D eigenvalue weighted by Crippen LogP contribution is -2.54. The summed E-state index contributed by atoms with van der Waals surface area (Å²) >= 11 is 0. The Balaban J connectivity index is 1.49. The van der Waals surface area contributed by atoms with E-state index in [1.54, 1.807) is 9.80 Å². The minimum Gasteiger partial charge on any atom is -0.444 e. The number of likely N-dealkylation sites (tertiary alicyclic amines) is 1. The number of carbonyl (C=O) groups is 2. The molecule has 0 aromatic heterocycles. The summed E-state index contributed by atoms with van der Waals surface area (Å²) in [7, 11) is 0. The molecule has 2 amide bonds. The number of ether oxygens (including phenoxy) is 1. The number of hydrogen-bond donors (Lipinski definition) is 0. The molecular formula is C28H31F3N2O3. The predicted molar refractivity (Wildman–Crippen MR) is 131 cm³/mol. The van der Waals surface area contributed by atoms with Gasteiger partial charge in [0.25, 0.3) is 0 Å². The fourth-order valence-corrected chi connectivity index (χ4v) is 5.09. The lowest BCUT2D eigenvalue weighted by Gasteiger charge is -2.48. The first-order valence-electron chi connectivity index (χ1n) is 12.1. The third-order valence-corrected chi connectivity index (χ3v) is 6.80. The summed E-state index contributed by atoms with van der Waals surface area (Å²) in [5, 5.41) is 0. The molecule has 0 bridgehead atoms. The van der Waals surface area contributed by atoms with Crippen LogP contribution in [0.4, 0.5) is 18.0 Å². The molecule has 1 fully saturated rings. The number of fused-ring (bicyclic) bond motifs is 2. The maximum absolute atomic E-state index is 13.3. The number of carbonyl (C=O) groups excluding carboxylic acids is 2. The third-order valence-electron chi connectivity index (χ3n) is 6.80. The van der Waals surface area contributed by atoms with E-state index in [1.165, 1.54) is 35.9 Å². The maximum Gasteiger partial charge on any atom is 0.416 e. The van der Waals surface area contributed by atoms with E-state index < -0.39 is 17.3 Å². The molecule has 1 saturated heterocycles. The Labute approximate surface area is 209 Å². The minimum absolute atomic E-state index is 0.0407. The van der Waals surface area contributed by atoms with Gasteiger partial charge in [-0.25, -0.2) is 4.79 Å². The zero-order valence-electron chi connectivity index (χ0n) is 20.8. The van der Waals surface area contributed by atoms with Crippen molar-refractivity contribution in [2.24, 2.45) is 0 Å². The maximum atomic E-state index is 13.3. The number of hydrogen-bond acceptors (Lipinski definition) is 3. The molecular weight excluding hydrogens is 469 g/mol. The van der Waals surface area contributed by atoms with E-state index >= 15 is 0 Å². The van der Waals surface area contributed by atoms with Gasteiger partial charge in [0.1, 0.15) is 5.60 Å². The molecule has 0 aliphatic carbocycles. The van der Waals surface area contributed by atoms with Crippen molar-refractivity contribution >= 4 is 18.1 Å². The molecule has 0 radical (unpaired) electrons. The van der Waals surface area contributed by atoms with E-state index in [-0.39, 0.29) is 23.0 Å². The van der Waals surface area contributed by atoms with Gasteiger partial charge in [0, 0.05) is 37.7 Å². The zero-order chi connectivity index (χ0) is 26.1. The van der Waals surface area contributed by atoms with Crippen LogP contribution in [0.3, 0.4) is 0 Å². The lowest BCUT2D eigenvalue weighted by molar-refractivity contribution is -0.137. The van der Waals surface area contributed by atoms with Gasteiger partial charge in [0.05, 0.1) is 5.56 Å². The molecule has 2 aliphatic rings. The van der Waals surface area contributed by atoms with Gasteiger partial charge < -0.3 is 14.5 Å². The van der Waals surface area contributed by atoms with E-state index in [0.717, 1.165) is 11.6 Å². The third kappa shape index (κ3) is 5.58. The Hall–Kier alpha value is -3.29. The van der Waals surface area contributed by atoms with Gasteiger partial charge in [0.2, 0.25) is 5.91 Å². The average molecular weight is 501 g/mol. The fourth-order valence-electron chi connectivity index (χ4n) is 5.09. The molecule has 5 nitrogen and oxygen atoms in total. The van der Waals surface area contributed by atoms with Gasteiger partial charge in [-0.2, -0.15) is 13.2 Å². The van der Waals surface area contributed by atoms with Crippen molar-refractivity contribution in [3.63, 3.8) is 0 Å². The van der Waals surface area contributed by atoms with Gasteiger partial charge in [-0.1, -0.05) is 42.5 Å². The number of amides is 2. The summed E-state index contributed by atoms with van der Waals surface area (Å²) in [5.74, 6) is -0.324. The molecule has 0 atom stereocenters. The summed E-state index contributed by atoms with van der Waals surface area (Å²) in [6, 6.07) is 13.2. The second-order valence-electron chi connectivity index (χ2n) is 10.5. The Morgan fingerprint density at radius 3 is 2.25 bits per heavy atom. The molecule has 0 N–H and O–H groups in total. The standard InChI is InChI=1S/C28H31F3N2O3/c1-26(2,3)36-25(35)33-18-21-9-5-6-10-22(21)27(19-33)14-16-32(17-15-27)24(34)13-12-20-8-4-7-11-23(20)28(29,30)31/h4-13H,14-19H2,1-3H3. The number of nitrogens with zero attached hydrogens (tertiary/aromatic N) is 2. The first kappa shape index (κ1) is 25.8. The van der Waals surface area contributed by atoms with Crippen LogP contribution in [0.2, 0.25) is 0 Å². The van der Waals surface area contributed by atoms with Gasteiger partial charge in [-0.05, 0) is 62.4 Å². The second kappa shape index (κ2) is 9.64. The Kier molecular flexibility index (Phi) is 6.90. The average Bonchev–Trinajstić information content (AvgIpc) is 2.81. The molecule has 192 valence electrons.